The molecule has 0 saturated heterocycles. The summed E-state index contributed by atoms with van der Waals surface area (Å²) in [6, 6.07) is 12.8. The van der Waals surface area contributed by atoms with Crippen molar-refractivity contribution in [3.05, 3.63) is 58.5 Å². The first-order chi connectivity index (χ1) is 10.7. The van der Waals surface area contributed by atoms with Crippen LogP contribution in [0.5, 0.6) is 0 Å². The Hall–Kier alpha value is -2.04. The summed E-state index contributed by atoms with van der Waals surface area (Å²) >= 11 is 3.48. The number of thiophene rings is 2. The van der Waals surface area contributed by atoms with Crippen LogP contribution in [0.1, 0.15) is 11.4 Å². The van der Waals surface area contributed by atoms with Crippen LogP contribution >= 0.6 is 22.7 Å². The summed E-state index contributed by atoms with van der Waals surface area (Å²) in [7, 11) is 0. The molecule has 3 aromatic heterocycles. The molecule has 22 heavy (non-hydrogen) atoms. The van der Waals surface area contributed by atoms with Crippen molar-refractivity contribution in [1.82, 2.24) is 9.97 Å². The highest BCUT2D eigenvalue weighted by molar-refractivity contribution is 7.14. The molecule has 4 heteroatoms. The van der Waals surface area contributed by atoms with E-state index in [4.69, 9.17) is 9.97 Å². The van der Waals surface area contributed by atoms with E-state index in [0.717, 1.165) is 22.4 Å². The second kappa shape index (κ2) is 5.30. The Labute approximate surface area is 137 Å². The predicted molar refractivity (Wildman–Crippen MR) is 95.6 cm³/mol. The summed E-state index contributed by atoms with van der Waals surface area (Å²) in [4.78, 5) is 12.2. The normalized spacial score (nSPS) is 11.2. The van der Waals surface area contributed by atoms with Crippen molar-refractivity contribution in [2.75, 3.05) is 0 Å². The third-order valence-corrected chi connectivity index (χ3v) is 5.61. The van der Waals surface area contributed by atoms with E-state index in [1.807, 2.05) is 13.8 Å². The zero-order valence-corrected chi connectivity index (χ0v) is 14.0. The maximum absolute atomic E-state index is 4.85. The lowest BCUT2D eigenvalue weighted by Gasteiger charge is -2.10. The molecule has 2 nitrogen and oxygen atoms in total. The molecule has 0 bridgehead atoms. The third kappa shape index (κ3) is 2.16. The van der Waals surface area contributed by atoms with Gasteiger partial charge < -0.3 is 0 Å². The second-order valence-corrected chi connectivity index (χ2v) is 7.10. The Bertz CT molecular complexity index is 860. The van der Waals surface area contributed by atoms with Gasteiger partial charge in [-0.25, -0.2) is 9.97 Å². The van der Waals surface area contributed by atoms with Gasteiger partial charge in [-0.2, -0.15) is 0 Å². The number of aromatic nitrogens is 2. The number of fused-ring (bicyclic) bond motifs is 1. The van der Waals surface area contributed by atoms with E-state index in [-0.39, 0.29) is 0 Å². The van der Waals surface area contributed by atoms with E-state index < -0.39 is 0 Å². The van der Waals surface area contributed by atoms with Crippen LogP contribution in [-0.2, 0) is 0 Å². The Morgan fingerprint density at radius 2 is 1.14 bits per heavy atom. The molecule has 0 amide bonds. The second-order valence-electron chi connectivity index (χ2n) is 5.21. The van der Waals surface area contributed by atoms with Gasteiger partial charge in [0.25, 0.3) is 0 Å². The highest BCUT2D eigenvalue weighted by atomic mass is 32.1. The smallest absolute Gasteiger partial charge is 0.0983 e. The van der Waals surface area contributed by atoms with Crippen molar-refractivity contribution in [3.63, 3.8) is 0 Å². The van der Waals surface area contributed by atoms with E-state index in [1.54, 1.807) is 22.7 Å². The van der Waals surface area contributed by atoms with E-state index in [2.05, 4.69) is 47.2 Å². The highest BCUT2D eigenvalue weighted by Crippen LogP contribution is 2.37. The van der Waals surface area contributed by atoms with Crippen molar-refractivity contribution in [2.24, 2.45) is 0 Å². The Morgan fingerprint density at radius 1 is 0.682 bits per heavy atom. The lowest BCUT2D eigenvalue weighted by atomic mass is 10.0. The fourth-order valence-electron chi connectivity index (χ4n) is 2.56. The fourth-order valence-corrected chi connectivity index (χ4v) is 4.07. The number of hydrogen-bond donors (Lipinski definition) is 0. The van der Waals surface area contributed by atoms with E-state index in [0.29, 0.717) is 0 Å². The van der Waals surface area contributed by atoms with Gasteiger partial charge in [-0.15, -0.1) is 22.7 Å². The van der Waals surface area contributed by atoms with Crippen molar-refractivity contribution in [1.29, 1.82) is 0 Å². The molecule has 0 atom stereocenters. The summed E-state index contributed by atoms with van der Waals surface area (Å²) < 4.78 is 0. The average molecular weight is 322 g/mol. The van der Waals surface area contributed by atoms with Crippen molar-refractivity contribution in [2.45, 2.75) is 13.8 Å². The SMILES string of the molecule is Cc1nc2c(-c3cccs3)ccc(-c3cccs3)c2nc1C. The molecular formula is C18H14N2S2. The van der Waals surface area contributed by atoms with Crippen LogP contribution < -0.4 is 0 Å². The summed E-state index contributed by atoms with van der Waals surface area (Å²) in [5.74, 6) is 0. The molecule has 108 valence electrons. The molecule has 0 aliphatic rings. The molecule has 0 aliphatic heterocycles. The molecule has 3 heterocycles. The number of aryl methyl sites for hydroxylation is 2. The monoisotopic (exact) mass is 322 g/mol. The van der Waals surface area contributed by atoms with Gasteiger partial charge in [0.05, 0.1) is 22.4 Å². The minimum absolute atomic E-state index is 0.994. The first-order valence-electron chi connectivity index (χ1n) is 7.10. The number of benzene rings is 1. The van der Waals surface area contributed by atoms with Crippen LogP contribution in [-0.4, -0.2) is 9.97 Å². The summed E-state index contributed by atoms with van der Waals surface area (Å²) in [6.45, 7) is 4.05. The standard InChI is InChI=1S/C18H14N2S2/c1-11-12(2)20-18-14(16-6-4-10-22-16)8-7-13(17(18)19-11)15-5-3-9-21-15/h3-10H,1-2H3. The van der Waals surface area contributed by atoms with Gasteiger partial charge in [0, 0.05) is 20.9 Å². The van der Waals surface area contributed by atoms with Crippen molar-refractivity contribution >= 4 is 33.7 Å². The number of rotatable bonds is 2. The van der Waals surface area contributed by atoms with Gasteiger partial charge in [-0.05, 0) is 36.7 Å². The largest absolute Gasteiger partial charge is 0.249 e. The molecule has 0 saturated carbocycles. The van der Waals surface area contributed by atoms with Crippen LogP contribution in [0.2, 0.25) is 0 Å². The minimum atomic E-state index is 0.994. The average Bonchev–Trinajstić information content (AvgIpc) is 3.21. The van der Waals surface area contributed by atoms with E-state index >= 15 is 0 Å². The Kier molecular flexibility index (Phi) is 3.28. The van der Waals surface area contributed by atoms with Crippen LogP contribution in [0.3, 0.4) is 0 Å². The maximum atomic E-state index is 4.85. The molecule has 0 fully saturated rings. The number of nitrogens with zero attached hydrogens (tertiary/aromatic N) is 2. The molecule has 1 aromatic carbocycles. The lowest BCUT2D eigenvalue weighted by molar-refractivity contribution is 1.10. The quantitative estimate of drug-likeness (QED) is 0.473. The first kappa shape index (κ1) is 13.6. The topological polar surface area (TPSA) is 25.8 Å². The van der Waals surface area contributed by atoms with Gasteiger partial charge in [0.15, 0.2) is 0 Å². The Balaban J connectivity index is 2.09. The molecule has 4 rings (SSSR count). The lowest BCUT2D eigenvalue weighted by Crippen LogP contribution is -1.96. The summed E-state index contributed by atoms with van der Waals surface area (Å²) in [5, 5.41) is 4.20. The third-order valence-electron chi connectivity index (χ3n) is 3.81. The minimum Gasteiger partial charge on any atom is -0.249 e. The van der Waals surface area contributed by atoms with Crippen LogP contribution in [0.15, 0.2) is 47.2 Å². The molecule has 0 aliphatic carbocycles. The molecule has 4 aromatic rings. The zero-order chi connectivity index (χ0) is 15.1. The zero-order valence-electron chi connectivity index (χ0n) is 12.3. The van der Waals surface area contributed by atoms with Crippen LogP contribution in [0.4, 0.5) is 0 Å². The maximum Gasteiger partial charge on any atom is 0.0983 e. The van der Waals surface area contributed by atoms with E-state index in [1.165, 1.54) is 20.9 Å². The van der Waals surface area contributed by atoms with Gasteiger partial charge >= 0.3 is 0 Å². The van der Waals surface area contributed by atoms with Crippen LogP contribution in [0, 0.1) is 13.8 Å². The molecule has 0 spiro atoms. The Morgan fingerprint density at radius 3 is 1.50 bits per heavy atom. The first-order valence-corrected chi connectivity index (χ1v) is 8.85. The van der Waals surface area contributed by atoms with Crippen LogP contribution in [0.25, 0.3) is 31.9 Å². The van der Waals surface area contributed by atoms with E-state index in [9.17, 15) is 0 Å². The van der Waals surface area contributed by atoms with Crippen molar-refractivity contribution in [3.8, 4) is 20.9 Å². The molecule has 0 unspecified atom stereocenters. The summed E-state index contributed by atoms with van der Waals surface area (Å²) in [6.07, 6.45) is 0. The fraction of sp³-hybridized carbons (Fsp3) is 0.111. The molecular weight excluding hydrogens is 308 g/mol. The molecule has 0 radical (unpaired) electrons. The van der Waals surface area contributed by atoms with Crippen molar-refractivity contribution < 1.29 is 0 Å². The highest BCUT2D eigenvalue weighted by Gasteiger charge is 2.14. The van der Waals surface area contributed by atoms with Gasteiger partial charge in [0.2, 0.25) is 0 Å². The van der Waals surface area contributed by atoms with Gasteiger partial charge in [0.1, 0.15) is 0 Å². The van der Waals surface area contributed by atoms with Gasteiger partial charge in [-0.3, -0.25) is 0 Å². The number of hydrogen-bond acceptors (Lipinski definition) is 4. The summed E-state index contributed by atoms with van der Waals surface area (Å²) in [5.41, 5.74) is 6.32. The molecule has 0 N–H and O–H groups in total. The van der Waals surface area contributed by atoms with Gasteiger partial charge in [-0.1, -0.05) is 24.3 Å². The predicted octanol–water partition coefficient (Wildman–Crippen LogP) is 5.70.